The molecule has 16 heavy (non-hydrogen) atoms. The maximum atomic E-state index is 4.77. The van der Waals surface area contributed by atoms with Gasteiger partial charge in [0, 0.05) is 24.3 Å². The quantitative estimate of drug-likeness (QED) is 0.797. The summed E-state index contributed by atoms with van der Waals surface area (Å²) in [6, 6.07) is 0. The molecular weight excluding hydrogens is 198 g/mol. The molecule has 0 bridgehead atoms. The van der Waals surface area contributed by atoms with Crippen LogP contribution in [0, 0.1) is 5.92 Å². The molecule has 3 nitrogen and oxygen atoms in total. The van der Waals surface area contributed by atoms with E-state index in [1.165, 1.54) is 29.8 Å². The van der Waals surface area contributed by atoms with Crippen LogP contribution in [0.3, 0.4) is 0 Å². The van der Waals surface area contributed by atoms with Gasteiger partial charge in [0.25, 0.3) is 0 Å². The van der Waals surface area contributed by atoms with Crippen LogP contribution in [-0.4, -0.2) is 16.8 Å². The Labute approximate surface area is 98.2 Å². The Morgan fingerprint density at radius 2 is 2.06 bits per heavy atom. The van der Waals surface area contributed by atoms with E-state index in [-0.39, 0.29) is 0 Å². The van der Waals surface area contributed by atoms with Crippen LogP contribution in [0.5, 0.6) is 0 Å². The van der Waals surface area contributed by atoms with Crippen molar-refractivity contribution in [2.75, 3.05) is 7.05 Å². The number of nitrogens with one attached hydrogen (secondary N) is 1. The highest BCUT2D eigenvalue weighted by atomic mass is 15.3. The largest absolute Gasteiger partial charge is 0.316 e. The third kappa shape index (κ3) is 2.29. The van der Waals surface area contributed by atoms with Gasteiger partial charge in [-0.05, 0) is 38.6 Å². The van der Waals surface area contributed by atoms with Crippen molar-refractivity contribution in [2.45, 2.75) is 52.6 Å². The van der Waals surface area contributed by atoms with Crippen LogP contribution < -0.4 is 5.32 Å². The van der Waals surface area contributed by atoms with E-state index in [1.54, 1.807) is 0 Å². The minimum Gasteiger partial charge on any atom is -0.316 e. The standard InChI is InChI=1S/C13H23N3/c1-4-12-11(8-14-3)13(5-2)16(15-12)9-10-6-7-10/h10,14H,4-9H2,1-3H3. The fraction of sp³-hybridized carbons (Fsp3) is 0.769. The molecule has 0 unspecified atom stereocenters. The number of hydrogen-bond acceptors (Lipinski definition) is 2. The number of hydrogen-bond donors (Lipinski definition) is 1. The van der Waals surface area contributed by atoms with Crippen molar-refractivity contribution in [3.8, 4) is 0 Å². The molecule has 1 fully saturated rings. The average Bonchev–Trinajstić information content (AvgIpc) is 3.02. The van der Waals surface area contributed by atoms with Gasteiger partial charge in [-0.15, -0.1) is 0 Å². The van der Waals surface area contributed by atoms with Gasteiger partial charge in [-0.1, -0.05) is 13.8 Å². The van der Waals surface area contributed by atoms with Gasteiger partial charge in [0.2, 0.25) is 0 Å². The number of rotatable bonds is 6. The Balaban J connectivity index is 2.27. The summed E-state index contributed by atoms with van der Waals surface area (Å²) in [7, 11) is 2.01. The van der Waals surface area contributed by atoms with Crippen molar-refractivity contribution in [3.63, 3.8) is 0 Å². The first-order chi connectivity index (χ1) is 7.80. The second-order valence-electron chi connectivity index (χ2n) is 4.73. The molecule has 0 aromatic carbocycles. The molecule has 0 spiro atoms. The zero-order valence-electron chi connectivity index (χ0n) is 10.7. The van der Waals surface area contributed by atoms with Crippen LogP contribution in [-0.2, 0) is 25.9 Å². The second kappa shape index (κ2) is 5.00. The van der Waals surface area contributed by atoms with Crippen molar-refractivity contribution in [3.05, 3.63) is 17.0 Å². The highest BCUT2D eigenvalue weighted by Crippen LogP contribution is 2.31. The van der Waals surface area contributed by atoms with Gasteiger partial charge in [0.1, 0.15) is 0 Å². The van der Waals surface area contributed by atoms with Gasteiger partial charge in [-0.25, -0.2) is 0 Å². The first kappa shape index (κ1) is 11.6. The molecule has 1 aromatic rings. The molecule has 3 heteroatoms. The van der Waals surface area contributed by atoms with Crippen molar-refractivity contribution in [2.24, 2.45) is 5.92 Å². The van der Waals surface area contributed by atoms with E-state index in [9.17, 15) is 0 Å². The van der Waals surface area contributed by atoms with E-state index in [0.717, 1.165) is 31.8 Å². The molecule has 90 valence electrons. The maximum Gasteiger partial charge on any atom is 0.0669 e. The fourth-order valence-electron chi connectivity index (χ4n) is 2.35. The summed E-state index contributed by atoms with van der Waals surface area (Å²) in [6.45, 7) is 6.53. The summed E-state index contributed by atoms with van der Waals surface area (Å²) >= 11 is 0. The smallest absolute Gasteiger partial charge is 0.0669 e. The van der Waals surface area contributed by atoms with Gasteiger partial charge < -0.3 is 5.32 Å². The zero-order chi connectivity index (χ0) is 11.5. The van der Waals surface area contributed by atoms with Gasteiger partial charge in [0.15, 0.2) is 0 Å². The van der Waals surface area contributed by atoms with Gasteiger partial charge in [-0.3, -0.25) is 4.68 Å². The van der Waals surface area contributed by atoms with Crippen molar-refractivity contribution >= 4 is 0 Å². The molecule has 0 radical (unpaired) electrons. The van der Waals surface area contributed by atoms with Crippen LogP contribution >= 0.6 is 0 Å². The molecule has 0 saturated heterocycles. The summed E-state index contributed by atoms with van der Waals surface area (Å²) < 4.78 is 2.27. The third-order valence-corrected chi connectivity index (χ3v) is 3.40. The average molecular weight is 221 g/mol. The minimum absolute atomic E-state index is 0.900. The highest BCUT2D eigenvalue weighted by Gasteiger charge is 2.24. The number of aromatic nitrogens is 2. The van der Waals surface area contributed by atoms with Crippen LogP contribution in [0.25, 0.3) is 0 Å². The number of nitrogens with zero attached hydrogens (tertiary/aromatic N) is 2. The molecule has 1 aromatic heterocycles. The van der Waals surface area contributed by atoms with Gasteiger partial charge >= 0.3 is 0 Å². The summed E-state index contributed by atoms with van der Waals surface area (Å²) in [5, 5.41) is 8.04. The first-order valence-electron chi connectivity index (χ1n) is 6.52. The van der Waals surface area contributed by atoms with Gasteiger partial charge in [0.05, 0.1) is 5.69 Å². The lowest BCUT2D eigenvalue weighted by Gasteiger charge is -2.06. The normalized spacial score (nSPS) is 15.7. The molecule has 1 aliphatic carbocycles. The van der Waals surface area contributed by atoms with E-state index >= 15 is 0 Å². The van der Waals surface area contributed by atoms with Crippen LogP contribution in [0.1, 0.15) is 43.6 Å². The molecule has 1 N–H and O–H groups in total. The monoisotopic (exact) mass is 221 g/mol. The molecule has 2 rings (SSSR count). The Bertz CT molecular complexity index is 350. The minimum atomic E-state index is 0.900. The summed E-state index contributed by atoms with van der Waals surface area (Å²) in [4.78, 5) is 0. The predicted molar refractivity (Wildman–Crippen MR) is 66.5 cm³/mol. The van der Waals surface area contributed by atoms with Crippen LogP contribution in [0.4, 0.5) is 0 Å². The lowest BCUT2D eigenvalue weighted by molar-refractivity contribution is 0.536. The summed E-state index contributed by atoms with van der Waals surface area (Å²) in [6.07, 6.45) is 4.93. The zero-order valence-corrected chi connectivity index (χ0v) is 10.7. The highest BCUT2D eigenvalue weighted by molar-refractivity contribution is 5.26. The lowest BCUT2D eigenvalue weighted by Crippen LogP contribution is -2.10. The topological polar surface area (TPSA) is 29.9 Å². The molecule has 0 aliphatic heterocycles. The van der Waals surface area contributed by atoms with Crippen LogP contribution in [0.15, 0.2) is 0 Å². The Morgan fingerprint density at radius 1 is 1.31 bits per heavy atom. The lowest BCUT2D eigenvalue weighted by atomic mass is 10.1. The number of aryl methyl sites for hydroxylation is 1. The molecule has 1 saturated carbocycles. The molecule has 1 heterocycles. The van der Waals surface area contributed by atoms with Crippen LogP contribution in [0.2, 0.25) is 0 Å². The molecule has 0 atom stereocenters. The summed E-state index contributed by atoms with van der Waals surface area (Å²) in [5.74, 6) is 0.900. The predicted octanol–water partition coefficient (Wildman–Crippen LogP) is 2.14. The van der Waals surface area contributed by atoms with E-state index in [4.69, 9.17) is 5.10 Å². The SMILES string of the molecule is CCc1nn(CC2CC2)c(CC)c1CNC. The Hall–Kier alpha value is -0.830. The fourth-order valence-corrected chi connectivity index (χ4v) is 2.35. The van der Waals surface area contributed by atoms with E-state index in [1.807, 2.05) is 7.05 Å². The van der Waals surface area contributed by atoms with Crippen molar-refractivity contribution in [1.82, 2.24) is 15.1 Å². The maximum absolute atomic E-state index is 4.77. The second-order valence-corrected chi connectivity index (χ2v) is 4.73. The Kier molecular flexibility index (Phi) is 3.64. The van der Waals surface area contributed by atoms with Crippen molar-refractivity contribution < 1.29 is 0 Å². The summed E-state index contributed by atoms with van der Waals surface area (Å²) in [5.41, 5.74) is 4.16. The third-order valence-electron chi connectivity index (χ3n) is 3.40. The van der Waals surface area contributed by atoms with E-state index in [0.29, 0.717) is 0 Å². The molecule has 1 aliphatic rings. The van der Waals surface area contributed by atoms with Gasteiger partial charge in [-0.2, -0.15) is 5.10 Å². The first-order valence-corrected chi connectivity index (χ1v) is 6.52. The van der Waals surface area contributed by atoms with E-state index < -0.39 is 0 Å². The Morgan fingerprint density at radius 3 is 2.56 bits per heavy atom. The molecular formula is C13H23N3. The van der Waals surface area contributed by atoms with E-state index in [2.05, 4.69) is 23.8 Å². The van der Waals surface area contributed by atoms with Crippen molar-refractivity contribution in [1.29, 1.82) is 0 Å². The molecule has 0 amide bonds.